The lowest BCUT2D eigenvalue weighted by Crippen LogP contribution is -2.08. The first-order valence-electron chi connectivity index (χ1n) is 6.27. The van der Waals surface area contributed by atoms with Crippen LogP contribution in [0.2, 0.25) is 0 Å². The Morgan fingerprint density at radius 2 is 1.90 bits per heavy atom. The molecule has 0 radical (unpaired) electrons. The Bertz CT molecular complexity index is 608. The molecule has 1 N–H and O–H groups in total. The van der Waals surface area contributed by atoms with Gasteiger partial charge >= 0.3 is 5.97 Å². The lowest BCUT2D eigenvalue weighted by atomic mass is 10.1. The van der Waals surface area contributed by atoms with E-state index in [1.807, 2.05) is 19.1 Å². The van der Waals surface area contributed by atoms with E-state index in [1.54, 1.807) is 18.2 Å². The first kappa shape index (κ1) is 14.1. The highest BCUT2D eigenvalue weighted by molar-refractivity contribution is 5.95. The van der Waals surface area contributed by atoms with Crippen molar-refractivity contribution in [3.05, 3.63) is 65.0 Å². The molecule has 0 bridgehead atoms. The van der Waals surface area contributed by atoms with E-state index in [2.05, 4.69) is 5.32 Å². The smallest absolute Gasteiger partial charge is 0.339 e. The second-order valence-corrected chi connectivity index (χ2v) is 4.52. The minimum Gasteiger partial charge on any atom is -0.465 e. The van der Waals surface area contributed by atoms with Crippen LogP contribution >= 0.6 is 0 Å². The highest BCUT2D eigenvalue weighted by Crippen LogP contribution is 2.19. The third-order valence-electron chi connectivity index (χ3n) is 2.98. The predicted octanol–water partition coefficient (Wildman–Crippen LogP) is 3.53. The Hall–Kier alpha value is -2.36. The van der Waals surface area contributed by atoms with Gasteiger partial charge in [-0.3, -0.25) is 0 Å². The minimum absolute atomic E-state index is 0.265. The summed E-state index contributed by atoms with van der Waals surface area (Å²) >= 11 is 0. The number of halogens is 1. The largest absolute Gasteiger partial charge is 0.465 e. The van der Waals surface area contributed by atoms with Gasteiger partial charge in [0.25, 0.3) is 0 Å². The number of rotatable bonds is 4. The van der Waals surface area contributed by atoms with Crippen molar-refractivity contribution in [1.82, 2.24) is 0 Å². The number of aryl methyl sites for hydroxylation is 1. The number of anilines is 1. The van der Waals surface area contributed by atoms with Crippen LogP contribution in [0.25, 0.3) is 0 Å². The highest BCUT2D eigenvalue weighted by Gasteiger charge is 2.11. The van der Waals surface area contributed by atoms with Crippen molar-refractivity contribution in [3.8, 4) is 0 Å². The van der Waals surface area contributed by atoms with Gasteiger partial charge in [-0.2, -0.15) is 0 Å². The third-order valence-corrected chi connectivity index (χ3v) is 2.98. The number of ether oxygens (including phenoxy) is 1. The average Bonchev–Trinajstić information content (AvgIpc) is 2.46. The van der Waals surface area contributed by atoms with E-state index in [0.29, 0.717) is 17.8 Å². The van der Waals surface area contributed by atoms with E-state index in [0.717, 1.165) is 11.1 Å². The zero-order chi connectivity index (χ0) is 14.5. The van der Waals surface area contributed by atoms with Crippen LogP contribution in [0.5, 0.6) is 0 Å². The molecule has 0 aliphatic heterocycles. The number of carbonyl (C=O) groups is 1. The molecule has 0 spiro atoms. The Balaban J connectivity index is 2.16. The number of methoxy groups -OCH3 is 1. The van der Waals surface area contributed by atoms with Crippen LogP contribution in [-0.4, -0.2) is 13.1 Å². The number of hydrogen-bond acceptors (Lipinski definition) is 3. The second kappa shape index (κ2) is 6.19. The molecule has 0 aliphatic rings. The van der Waals surface area contributed by atoms with Crippen molar-refractivity contribution in [2.24, 2.45) is 0 Å². The fraction of sp³-hybridized carbons (Fsp3) is 0.188. The molecule has 2 rings (SSSR count). The Kier molecular flexibility index (Phi) is 4.35. The number of nitrogens with one attached hydrogen (secondary N) is 1. The molecular weight excluding hydrogens is 257 g/mol. The van der Waals surface area contributed by atoms with Crippen LogP contribution in [-0.2, 0) is 11.3 Å². The molecule has 2 aromatic carbocycles. The van der Waals surface area contributed by atoms with E-state index in [1.165, 1.54) is 19.2 Å². The Morgan fingerprint density at radius 1 is 1.20 bits per heavy atom. The van der Waals surface area contributed by atoms with Gasteiger partial charge in [-0.15, -0.1) is 0 Å². The number of carbonyl (C=O) groups excluding carboxylic acids is 1. The maximum Gasteiger partial charge on any atom is 0.339 e. The van der Waals surface area contributed by atoms with Crippen LogP contribution in [0, 0.1) is 12.7 Å². The topological polar surface area (TPSA) is 38.3 Å². The quantitative estimate of drug-likeness (QED) is 0.866. The summed E-state index contributed by atoms with van der Waals surface area (Å²) in [5, 5.41) is 3.17. The normalized spacial score (nSPS) is 10.2. The maximum atomic E-state index is 12.8. The van der Waals surface area contributed by atoms with Gasteiger partial charge in [0.1, 0.15) is 5.82 Å². The summed E-state index contributed by atoms with van der Waals surface area (Å²) in [7, 11) is 1.36. The van der Waals surface area contributed by atoms with Crippen LogP contribution < -0.4 is 5.32 Å². The van der Waals surface area contributed by atoms with E-state index < -0.39 is 0 Å². The van der Waals surface area contributed by atoms with Gasteiger partial charge < -0.3 is 10.1 Å². The van der Waals surface area contributed by atoms with E-state index in [4.69, 9.17) is 4.74 Å². The van der Waals surface area contributed by atoms with Crippen molar-refractivity contribution in [1.29, 1.82) is 0 Å². The first-order chi connectivity index (χ1) is 9.60. The molecule has 2 aromatic rings. The molecule has 0 aromatic heterocycles. The summed E-state index contributed by atoms with van der Waals surface area (Å²) in [6, 6.07) is 11.8. The average molecular weight is 273 g/mol. The highest BCUT2D eigenvalue weighted by atomic mass is 19.1. The first-order valence-corrected chi connectivity index (χ1v) is 6.27. The third kappa shape index (κ3) is 3.35. The van der Waals surface area contributed by atoms with Crippen molar-refractivity contribution in [3.63, 3.8) is 0 Å². The summed E-state index contributed by atoms with van der Waals surface area (Å²) < 4.78 is 17.6. The van der Waals surface area contributed by atoms with Crippen molar-refractivity contribution in [2.75, 3.05) is 12.4 Å². The summed E-state index contributed by atoms with van der Waals surface area (Å²) in [5.74, 6) is -0.644. The van der Waals surface area contributed by atoms with Gasteiger partial charge in [-0.05, 0) is 36.8 Å². The maximum absolute atomic E-state index is 12.8. The molecule has 0 saturated carbocycles. The molecule has 0 fully saturated rings. The zero-order valence-corrected chi connectivity index (χ0v) is 11.4. The summed E-state index contributed by atoms with van der Waals surface area (Å²) in [6.45, 7) is 2.42. The van der Waals surface area contributed by atoms with Gasteiger partial charge in [0.15, 0.2) is 0 Å². The lowest BCUT2D eigenvalue weighted by Gasteiger charge is -2.11. The number of benzene rings is 2. The molecule has 3 nitrogen and oxygen atoms in total. The molecule has 0 saturated heterocycles. The van der Waals surface area contributed by atoms with Gasteiger partial charge in [-0.1, -0.05) is 23.8 Å². The fourth-order valence-electron chi connectivity index (χ4n) is 1.89. The van der Waals surface area contributed by atoms with Crippen LogP contribution in [0.4, 0.5) is 10.1 Å². The van der Waals surface area contributed by atoms with Crippen molar-refractivity contribution >= 4 is 11.7 Å². The lowest BCUT2D eigenvalue weighted by molar-refractivity contribution is 0.0601. The molecule has 0 amide bonds. The summed E-state index contributed by atoms with van der Waals surface area (Å²) in [5.41, 5.74) is 3.11. The molecule has 0 heterocycles. The molecular formula is C16H16FNO2. The van der Waals surface area contributed by atoms with E-state index in [9.17, 15) is 9.18 Å². The summed E-state index contributed by atoms with van der Waals surface area (Å²) in [6.07, 6.45) is 0. The second-order valence-electron chi connectivity index (χ2n) is 4.52. The van der Waals surface area contributed by atoms with E-state index >= 15 is 0 Å². The standard InChI is InChI=1S/C16H16FNO2/c1-11-3-8-15(14(9-11)16(19)20-2)18-10-12-4-6-13(17)7-5-12/h3-9,18H,10H2,1-2H3. The van der Waals surface area contributed by atoms with Gasteiger partial charge in [-0.25, -0.2) is 9.18 Å². The Labute approximate surface area is 117 Å². The van der Waals surface area contributed by atoms with Gasteiger partial charge in [0.2, 0.25) is 0 Å². The monoisotopic (exact) mass is 273 g/mol. The molecule has 20 heavy (non-hydrogen) atoms. The molecule has 0 unspecified atom stereocenters. The van der Waals surface area contributed by atoms with Crippen LogP contribution in [0.3, 0.4) is 0 Å². The van der Waals surface area contributed by atoms with Gasteiger partial charge in [0.05, 0.1) is 12.7 Å². The van der Waals surface area contributed by atoms with Crippen LogP contribution in [0.1, 0.15) is 21.5 Å². The predicted molar refractivity (Wildman–Crippen MR) is 76.2 cm³/mol. The van der Waals surface area contributed by atoms with Crippen molar-refractivity contribution in [2.45, 2.75) is 13.5 Å². The number of esters is 1. The SMILES string of the molecule is COC(=O)c1cc(C)ccc1NCc1ccc(F)cc1. The Morgan fingerprint density at radius 3 is 2.55 bits per heavy atom. The molecule has 104 valence electrons. The molecule has 4 heteroatoms. The molecule has 0 aliphatic carbocycles. The zero-order valence-electron chi connectivity index (χ0n) is 11.4. The van der Waals surface area contributed by atoms with Crippen molar-refractivity contribution < 1.29 is 13.9 Å². The summed E-state index contributed by atoms with van der Waals surface area (Å²) in [4.78, 5) is 11.7. The minimum atomic E-state index is -0.379. The van der Waals surface area contributed by atoms with Crippen LogP contribution in [0.15, 0.2) is 42.5 Å². The molecule has 0 atom stereocenters. The van der Waals surface area contributed by atoms with Gasteiger partial charge in [0, 0.05) is 12.2 Å². The fourth-order valence-corrected chi connectivity index (χ4v) is 1.89. The van der Waals surface area contributed by atoms with E-state index in [-0.39, 0.29) is 11.8 Å². The number of hydrogen-bond donors (Lipinski definition) is 1.